The highest BCUT2D eigenvalue weighted by Gasteiger charge is 2.55. The van der Waals surface area contributed by atoms with Crippen LogP contribution in [0.3, 0.4) is 0 Å². The van der Waals surface area contributed by atoms with Crippen molar-refractivity contribution in [2.45, 2.75) is 57.8 Å². The van der Waals surface area contributed by atoms with Crippen LogP contribution in [0.2, 0.25) is 5.02 Å². The van der Waals surface area contributed by atoms with Crippen molar-refractivity contribution in [1.29, 1.82) is 0 Å². The van der Waals surface area contributed by atoms with Crippen molar-refractivity contribution in [2.75, 3.05) is 13.2 Å². The third-order valence-corrected chi connectivity index (χ3v) is 6.82. The van der Waals surface area contributed by atoms with Gasteiger partial charge in [-0.25, -0.2) is 4.99 Å². The first-order valence-electron chi connectivity index (χ1n) is 11.3. The predicted octanol–water partition coefficient (Wildman–Crippen LogP) is 4.93. The normalized spacial score (nSPS) is 29.0. The minimum absolute atomic E-state index is 0.0638. The molecule has 3 heterocycles. The molecule has 7 heteroatoms. The lowest BCUT2D eigenvalue weighted by Crippen LogP contribution is -2.52. The third kappa shape index (κ3) is 3.95. The Morgan fingerprint density at radius 1 is 1.19 bits per heavy atom. The number of pyridine rings is 1. The molecule has 1 saturated carbocycles. The van der Waals surface area contributed by atoms with Crippen molar-refractivity contribution in [3.8, 4) is 16.9 Å². The Bertz CT molecular complexity index is 1050. The number of nitrogens with two attached hydrogens (primary N) is 1. The monoisotopic (exact) mass is 455 g/mol. The standard InChI is InChI=1S/C25H30ClN3O3/c1-24(2,3)13-30-18-5-7-22-20(10-18)25(14-31-23(27)29-25)19-9-15(4-6-21(19)32-22)16-8-17(26)12-28-11-16/h4,6,8-9,11-12,18,20,22H,5,7,10,13-14H2,1-3H3,(H2,27,29)/t18-,20?,22-,25?/m0/s1. The van der Waals surface area contributed by atoms with Gasteiger partial charge in [0.25, 0.3) is 6.02 Å². The Hall–Kier alpha value is -2.31. The number of nitrogens with zero attached hydrogens (tertiary/aromatic N) is 2. The van der Waals surface area contributed by atoms with Crippen molar-refractivity contribution >= 4 is 17.6 Å². The van der Waals surface area contributed by atoms with E-state index in [4.69, 9.17) is 36.5 Å². The van der Waals surface area contributed by atoms with E-state index in [0.29, 0.717) is 11.6 Å². The molecule has 2 unspecified atom stereocenters. The summed E-state index contributed by atoms with van der Waals surface area (Å²) in [6.45, 7) is 7.74. The maximum absolute atomic E-state index is 6.50. The second-order valence-corrected chi connectivity index (χ2v) is 10.8. The molecule has 2 aliphatic heterocycles. The number of amidine groups is 1. The molecule has 2 aromatic rings. The van der Waals surface area contributed by atoms with Crippen LogP contribution in [0.5, 0.6) is 5.75 Å². The molecule has 0 bridgehead atoms. The molecule has 1 fully saturated rings. The number of aromatic nitrogens is 1. The summed E-state index contributed by atoms with van der Waals surface area (Å²) in [5.41, 5.74) is 8.59. The number of benzene rings is 1. The number of fused-ring (bicyclic) bond motifs is 4. The van der Waals surface area contributed by atoms with Gasteiger partial charge in [0, 0.05) is 29.4 Å². The molecule has 3 aliphatic rings. The molecule has 2 N–H and O–H groups in total. The number of hydrogen-bond donors (Lipinski definition) is 1. The maximum atomic E-state index is 6.50. The van der Waals surface area contributed by atoms with E-state index < -0.39 is 5.54 Å². The highest BCUT2D eigenvalue weighted by Crippen LogP contribution is 2.53. The van der Waals surface area contributed by atoms with Gasteiger partial charge in [-0.3, -0.25) is 4.98 Å². The van der Waals surface area contributed by atoms with Crippen molar-refractivity contribution in [1.82, 2.24) is 4.98 Å². The van der Waals surface area contributed by atoms with Crippen LogP contribution in [0.25, 0.3) is 11.1 Å². The second kappa shape index (κ2) is 7.92. The Balaban J connectivity index is 1.52. The lowest BCUT2D eigenvalue weighted by Gasteiger charge is -2.48. The molecule has 5 rings (SSSR count). The molecule has 1 aliphatic carbocycles. The van der Waals surface area contributed by atoms with Crippen molar-refractivity contribution in [3.05, 3.63) is 47.2 Å². The molecule has 4 atom stereocenters. The van der Waals surface area contributed by atoms with Gasteiger partial charge < -0.3 is 19.9 Å². The van der Waals surface area contributed by atoms with E-state index >= 15 is 0 Å². The third-order valence-electron chi connectivity index (χ3n) is 6.62. The Morgan fingerprint density at radius 3 is 2.75 bits per heavy atom. The summed E-state index contributed by atoms with van der Waals surface area (Å²) in [4.78, 5) is 9.13. The Labute approximate surface area is 194 Å². The summed E-state index contributed by atoms with van der Waals surface area (Å²) < 4.78 is 18.6. The fourth-order valence-corrected chi connectivity index (χ4v) is 5.30. The molecule has 0 saturated heterocycles. The first kappa shape index (κ1) is 21.5. The number of ether oxygens (including phenoxy) is 3. The van der Waals surface area contributed by atoms with Gasteiger partial charge in [0.2, 0.25) is 0 Å². The number of aliphatic imine (C=N–C) groups is 1. The zero-order chi connectivity index (χ0) is 22.5. The molecular weight excluding hydrogens is 426 g/mol. The average molecular weight is 456 g/mol. The van der Waals surface area contributed by atoms with Gasteiger partial charge in [-0.15, -0.1) is 0 Å². The topological polar surface area (TPSA) is 79.0 Å². The van der Waals surface area contributed by atoms with Crippen LogP contribution in [0.1, 0.15) is 45.6 Å². The molecule has 32 heavy (non-hydrogen) atoms. The molecule has 6 nitrogen and oxygen atoms in total. The van der Waals surface area contributed by atoms with Crippen LogP contribution in [-0.4, -0.2) is 36.4 Å². The fraction of sp³-hybridized carbons (Fsp3) is 0.520. The van der Waals surface area contributed by atoms with E-state index in [0.717, 1.165) is 48.3 Å². The van der Waals surface area contributed by atoms with Crippen LogP contribution >= 0.6 is 11.6 Å². The number of rotatable bonds is 3. The van der Waals surface area contributed by atoms with Crippen LogP contribution in [0, 0.1) is 11.3 Å². The molecule has 1 spiro atoms. The van der Waals surface area contributed by atoms with Gasteiger partial charge in [0.05, 0.1) is 17.7 Å². The Kier molecular flexibility index (Phi) is 5.33. The van der Waals surface area contributed by atoms with Gasteiger partial charge >= 0.3 is 0 Å². The summed E-state index contributed by atoms with van der Waals surface area (Å²) in [7, 11) is 0. The summed E-state index contributed by atoms with van der Waals surface area (Å²) in [5.74, 6) is 0.976. The summed E-state index contributed by atoms with van der Waals surface area (Å²) >= 11 is 6.19. The molecule has 0 radical (unpaired) electrons. The van der Waals surface area contributed by atoms with Crippen LogP contribution in [0.15, 0.2) is 41.7 Å². The van der Waals surface area contributed by atoms with Gasteiger partial charge in [-0.05, 0) is 48.4 Å². The maximum Gasteiger partial charge on any atom is 0.283 e. The molecular formula is C25H30ClN3O3. The molecule has 0 amide bonds. The molecule has 1 aromatic heterocycles. The summed E-state index contributed by atoms with van der Waals surface area (Å²) in [5, 5.41) is 0.601. The van der Waals surface area contributed by atoms with E-state index in [2.05, 4.69) is 31.8 Å². The van der Waals surface area contributed by atoms with Gasteiger partial charge in [0.15, 0.2) is 0 Å². The smallest absolute Gasteiger partial charge is 0.283 e. The summed E-state index contributed by atoms with van der Waals surface area (Å²) in [6.07, 6.45) is 6.46. The predicted molar refractivity (Wildman–Crippen MR) is 125 cm³/mol. The van der Waals surface area contributed by atoms with E-state index in [1.807, 2.05) is 24.4 Å². The average Bonchev–Trinajstić information content (AvgIpc) is 3.14. The quantitative estimate of drug-likeness (QED) is 0.709. The first-order chi connectivity index (χ1) is 15.2. The van der Waals surface area contributed by atoms with Gasteiger partial charge in [-0.1, -0.05) is 38.4 Å². The fourth-order valence-electron chi connectivity index (χ4n) is 5.12. The minimum Gasteiger partial charge on any atom is -0.490 e. The first-order valence-corrected chi connectivity index (χ1v) is 11.6. The van der Waals surface area contributed by atoms with Crippen molar-refractivity contribution in [2.24, 2.45) is 22.1 Å². The van der Waals surface area contributed by atoms with Crippen LogP contribution < -0.4 is 10.5 Å². The lowest BCUT2D eigenvalue weighted by atomic mass is 9.67. The van der Waals surface area contributed by atoms with Gasteiger partial charge in [0.1, 0.15) is 24.0 Å². The van der Waals surface area contributed by atoms with Crippen LogP contribution in [0.4, 0.5) is 0 Å². The zero-order valence-electron chi connectivity index (χ0n) is 18.8. The molecule has 170 valence electrons. The van der Waals surface area contributed by atoms with Crippen LogP contribution in [-0.2, 0) is 15.0 Å². The van der Waals surface area contributed by atoms with E-state index in [1.165, 1.54) is 0 Å². The summed E-state index contributed by atoms with van der Waals surface area (Å²) in [6, 6.07) is 8.35. The highest BCUT2D eigenvalue weighted by molar-refractivity contribution is 6.30. The Morgan fingerprint density at radius 2 is 2.03 bits per heavy atom. The lowest BCUT2D eigenvalue weighted by molar-refractivity contribution is -0.0757. The highest BCUT2D eigenvalue weighted by atomic mass is 35.5. The van der Waals surface area contributed by atoms with E-state index in [1.54, 1.807) is 6.20 Å². The second-order valence-electron chi connectivity index (χ2n) is 10.3. The van der Waals surface area contributed by atoms with Crippen molar-refractivity contribution < 1.29 is 14.2 Å². The van der Waals surface area contributed by atoms with Crippen molar-refractivity contribution in [3.63, 3.8) is 0 Å². The van der Waals surface area contributed by atoms with E-state index in [9.17, 15) is 0 Å². The van der Waals surface area contributed by atoms with E-state index in [-0.39, 0.29) is 29.6 Å². The number of halogens is 1. The zero-order valence-corrected chi connectivity index (χ0v) is 19.6. The molecule has 1 aromatic carbocycles. The SMILES string of the molecule is CC(C)(C)CO[C@H]1CC[C@@H]2Oc3ccc(-c4cncc(Cl)c4)cc3C3(COC(N)=N3)C2C1. The largest absolute Gasteiger partial charge is 0.490 e. The van der Waals surface area contributed by atoms with Gasteiger partial charge in [-0.2, -0.15) is 0 Å². The number of hydrogen-bond acceptors (Lipinski definition) is 6. The minimum atomic E-state index is -0.575.